The lowest BCUT2D eigenvalue weighted by atomic mass is 10.1. The van der Waals surface area contributed by atoms with Gasteiger partial charge in [-0.3, -0.25) is 0 Å². The Morgan fingerprint density at radius 1 is 1.20 bits per heavy atom. The van der Waals surface area contributed by atoms with Gasteiger partial charge in [-0.1, -0.05) is 11.6 Å². The molecule has 0 fully saturated rings. The minimum atomic E-state index is 0.579. The van der Waals surface area contributed by atoms with Crippen molar-refractivity contribution in [3.63, 3.8) is 0 Å². The molecule has 0 spiro atoms. The highest BCUT2D eigenvalue weighted by Crippen LogP contribution is 2.26. The van der Waals surface area contributed by atoms with E-state index in [1.54, 1.807) is 0 Å². The van der Waals surface area contributed by atoms with Crippen LogP contribution < -0.4 is 10.5 Å². The van der Waals surface area contributed by atoms with Crippen molar-refractivity contribution >= 4 is 16.9 Å². The fourth-order valence-electron chi connectivity index (χ4n) is 2.11. The van der Waals surface area contributed by atoms with Gasteiger partial charge < -0.3 is 15.5 Å². The van der Waals surface area contributed by atoms with E-state index in [2.05, 4.69) is 15.0 Å². The van der Waals surface area contributed by atoms with E-state index in [4.69, 9.17) is 10.5 Å². The van der Waals surface area contributed by atoms with Gasteiger partial charge >= 0.3 is 0 Å². The zero-order chi connectivity index (χ0) is 14.1. The van der Waals surface area contributed by atoms with Gasteiger partial charge in [-0.05, 0) is 32.0 Å². The molecule has 2 aromatic heterocycles. The van der Waals surface area contributed by atoms with Gasteiger partial charge in [-0.15, -0.1) is 0 Å². The second kappa shape index (κ2) is 4.85. The number of aromatic nitrogens is 3. The van der Waals surface area contributed by atoms with Crippen LogP contribution >= 0.6 is 0 Å². The maximum Gasteiger partial charge on any atom is 0.215 e. The molecule has 0 aliphatic heterocycles. The van der Waals surface area contributed by atoms with E-state index in [0.29, 0.717) is 23.8 Å². The van der Waals surface area contributed by atoms with Gasteiger partial charge in [-0.25, -0.2) is 4.98 Å². The molecule has 3 rings (SSSR count). The molecule has 20 heavy (non-hydrogen) atoms. The Hall–Kier alpha value is -2.56. The predicted molar refractivity (Wildman–Crippen MR) is 79.6 cm³/mol. The minimum absolute atomic E-state index is 0.579. The van der Waals surface area contributed by atoms with Crippen LogP contribution in [0.5, 0.6) is 5.88 Å². The molecule has 0 saturated carbocycles. The van der Waals surface area contributed by atoms with Gasteiger partial charge in [0.15, 0.2) is 5.65 Å². The monoisotopic (exact) mass is 268 g/mol. The van der Waals surface area contributed by atoms with Crippen molar-refractivity contribution in [3.05, 3.63) is 35.9 Å². The lowest BCUT2D eigenvalue weighted by Crippen LogP contribution is -1.93. The average molecular weight is 268 g/mol. The number of ether oxygens (including phenoxy) is 1. The number of anilines is 1. The number of nitrogens with two attached hydrogens (primary N) is 1. The molecule has 0 aliphatic rings. The molecular weight excluding hydrogens is 252 g/mol. The van der Waals surface area contributed by atoms with Gasteiger partial charge in [-0.2, -0.15) is 4.98 Å². The first-order chi connectivity index (χ1) is 9.67. The Balaban J connectivity index is 2.10. The largest absolute Gasteiger partial charge is 0.478 e. The molecular formula is C15H16N4O. The Kier molecular flexibility index (Phi) is 3.02. The molecule has 0 radical (unpaired) electrons. The second-order valence-electron chi connectivity index (χ2n) is 4.63. The van der Waals surface area contributed by atoms with Crippen LogP contribution in [0.25, 0.3) is 22.6 Å². The van der Waals surface area contributed by atoms with Crippen molar-refractivity contribution in [1.29, 1.82) is 0 Å². The number of pyridine rings is 1. The first kappa shape index (κ1) is 12.5. The second-order valence-corrected chi connectivity index (χ2v) is 4.63. The molecule has 0 aliphatic carbocycles. The van der Waals surface area contributed by atoms with Crippen LogP contribution in [0.3, 0.4) is 0 Å². The van der Waals surface area contributed by atoms with Gasteiger partial charge in [0.2, 0.25) is 5.88 Å². The number of aromatic amines is 1. The third-order valence-corrected chi connectivity index (χ3v) is 3.08. The summed E-state index contributed by atoms with van der Waals surface area (Å²) in [6.07, 6.45) is 0. The summed E-state index contributed by atoms with van der Waals surface area (Å²) < 4.78 is 5.38. The van der Waals surface area contributed by atoms with Crippen LogP contribution in [0.1, 0.15) is 12.5 Å². The van der Waals surface area contributed by atoms with Gasteiger partial charge in [0, 0.05) is 17.3 Å². The van der Waals surface area contributed by atoms with Crippen molar-refractivity contribution in [2.75, 3.05) is 12.3 Å². The summed E-state index contributed by atoms with van der Waals surface area (Å²) in [6.45, 7) is 4.53. The number of benzene rings is 1. The van der Waals surface area contributed by atoms with Gasteiger partial charge in [0.1, 0.15) is 5.82 Å². The molecule has 1 aromatic carbocycles. The highest BCUT2D eigenvalue weighted by molar-refractivity contribution is 5.80. The smallest absolute Gasteiger partial charge is 0.215 e. The zero-order valence-corrected chi connectivity index (χ0v) is 11.5. The number of nitrogen functional groups attached to an aromatic ring is 1. The summed E-state index contributed by atoms with van der Waals surface area (Å²) in [5.41, 5.74) is 10.2. The van der Waals surface area contributed by atoms with E-state index in [-0.39, 0.29) is 0 Å². The number of hydrogen-bond acceptors (Lipinski definition) is 4. The van der Waals surface area contributed by atoms with Crippen LogP contribution in [0.4, 0.5) is 5.69 Å². The maximum absolute atomic E-state index is 6.02. The zero-order valence-electron chi connectivity index (χ0n) is 11.5. The molecule has 2 heterocycles. The number of nitrogens with zero attached hydrogens (tertiary/aromatic N) is 2. The normalized spacial score (nSPS) is 10.9. The summed E-state index contributed by atoms with van der Waals surface area (Å²) >= 11 is 0. The molecule has 5 heteroatoms. The molecule has 0 amide bonds. The molecule has 0 atom stereocenters. The van der Waals surface area contributed by atoms with Crippen molar-refractivity contribution in [2.45, 2.75) is 13.8 Å². The van der Waals surface area contributed by atoms with Crippen LogP contribution in [0.2, 0.25) is 0 Å². The molecule has 0 bridgehead atoms. The van der Waals surface area contributed by atoms with E-state index in [1.807, 2.05) is 44.2 Å². The first-order valence-electron chi connectivity index (χ1n) is 6.53. The van der Waals surface area contributed by atoms with E-state index in [9.17, 15) is 0 Å². The van der Waals surface area contributed by atoms with Crippen LogP contribution in [-0.4, -0.2) is 21.6 Å². The van der Waals surface area contributed by atoms with Crippen molar-refractivity contribution in [3.8, 4) is 17.3 Å². The summed E-state index contributed by atoms with van der Waals surface area (Å²) in [5, 5.41) is 0. The van der Waals surface area contributed by atoms with E-state index < -0.39 is 0 Å². The maximum atomic E-state index is 6.02. The van der Waals surface area contributed by atoms with Crippen molar-refractivity contribution in [1.82, 2.24) is 15.0 Å². The fraction of sp³-hybridized carbons (Fsp3) is 0.200. The number of aryl methyl sites for hydroxylation is 1. The number of rotatable bonds is 3. The third kappa shape index (κ3) is 2.18. The minimum Gasteiger partial charge on any atom is -0.478 e. The van der Waals surface area contributed by atoms with E-state index in [0.717, 1.165) is 22.5 Å². The third-order valence-electron chi connectivity index (χ3n) is 3.08. The van der Waals surface area contributed by atoms with Crippen LogP contribution in [0.15, 0.2) is 30.3 Å². The highest BCUT2D eigenvalue weighted by Gasteiger charge is 2.10. The topological polar surface area (TPSA) is 76.8 Å². The van der Waals surface area contributed by atoms with Crippen molar-refractivity contribution in [2.24, 2.45) is 0 Å². The lowest BCUT2D eigenvalue weighted by molar-refractivity contribution is 0.328. The van der Waals surface area contributed by atoms with Gasteiger partial charge in [0.25, 0.3) is 0 Å². The van der Waals surface area contributed by atoms with Gasteiger partial charge in [0.05, 0.1) is 12.1 Å². The molecule has 3 N–H and O–H groups in total. The Morgan fingerprint density at radius 2 is 2.05 bits per heavy atom. The highest BCUT2D eigenvalue weighted by atomic mass is 16.5. The quantitative estimate of drug-likeness (QED) is 0.716. The summed E-state index contributed by atoms with van der Waals surface area (Å²) in [4.78, 5) is 12.1. The number of nitrogens with one attached hydrogen (secondary N) is 1. The summed E-state index contributed by atoms with van der Waals surface area (Å²) in [7, 11) is 0. The first-order valence-corrected chi connectivity index (χ1v) is 6.53. The fourth-order valence-corrected chi connectivity index (χ4v) is 2.11. The van der Waals surface area contributed by atoms with Crippen LogP contribution in [0, 0.1) is 6.92 Å². The average Bonchev–Trinajstić information content (AvgIpc) is 2.85. The molecule has 5 nitrogen and oxygen atoms in total. The van der Waals surface area contributed by atoms with E-state index in [1.165, 1.54) is 0 Å². The number of H-pyrrole nitrogens is 1. The standard InChI is InChI=1S/C15H16N4O/c1-3-20-13-7-6-12-15(18-13)19-14(17-12)10-8-9(2)4-5-11(10)16/h4-8H,3,16H2,1-2H3,(H,17,18,19). The number of hydrogen-bond donors (Lipinski definition) is 2. The Morgan fingerprint density at radius 3 is 2.85 bits per heavy atom. The molecule has 102 valence electrons. The van der Waals surface area contributed by atoms with Crippen molar-refractivity contribution < 1.29 is 4.74 Å². The van der Waals surface area contributed by atoms with E-state index >= 15 is 0 Å². The summed E-state index contributed by atoms with van der Waals surface area (Å²) in [6, 6.07) is 9.61. The summed E-state index contributed by atoms with van der Waals surface area (Å²) in [5.74, 6) is 1.30. The Labute approximate surface area is 116 Å². The molecule has 0 unspecified atom stereocenters. The predicted octanol–water partition coefficient (Wildman–Crippen LogP) is 2.91. The number of imidazole rings is 1. The Bertz CT molecular complexity index is 764. The van der Waals surface area contributed by atoms with Crippen LogP contribution in [-0.2, 0) is 0 Å². The molecule has 3 aromatic rings. The lowest BCUT2D eigenvalue weighted by Gasteiger charge is -2.03. The SMILES string of the molecule is CCOc1ccc2[nH]c(-c3cc(C)ccc3N)nc2n1. The number of fused-ring (bicyclic) bond motifs is 1. The molecule has 0 saturated heterocycles.